The van der Waals surface area contributed by atoms with Crippen molar-refractivity contribution in [2.75, 3.05) is 7.11 Å². The molecule has 9 heavy (non-hydrogen) atoms. The highest BCUT2D eigenvalue weighted by atomic mass is 16.5. The van der Waals surface area contributed by atoms with Crippen LogP contribution in [-0.4, -0.2) is 13.2 Å². The molecule has 1 aliphatic rings. The number of ether oxygens (including phenoxy) is 1. The topological polar surface area (TPSA) is 9.23 Å². The smallest absolute Gasteiger partial charge is 0.0580 e. The summed E-state index contributed by atoms with van der Waals surface area (Å²) in [4.78, 5) is 0. The molecule has 0 radical (unpaired) electrons. The summed E-state index contributed by atoms with van der Waals surface area (Å²) in [6.07, 6.45) is 2.81. The highest BCUT2D eigenvalue weighted by Crippen LogP contribution is 2.33. The van der Waals surface area contributed by atoms with E-state index in [1.807, 2.05) is 0 Å². The predicted molar refractivity (Wildman–Crippen MR) is 38.4 cm³/mol. The van der Waals surface area contributed by atoms with Crippen molar-refractivity contribution >= 4 is 0 Å². The maximum absolute atomic E-state index is 5.12. The second-order valence-electron chi connectivity index (χ2n) is 2.81. The van der Waals surface area contributed by atoms with Gasteiger partial charge in [-0.3, -0.25) is 0 Å². The van der Waals surface area contributed by atoms with Crippen LogP contribution in [0.4, 0.5) is 0 Å². The fourth-order valence-corrected chi connectivity index (χ4v) is 0.953. The van der Waals surface area contributed by atoms with Gasteiger partial charge in [-0.25, -0.2) is 0 Å². The first-order valence-corrected chi connectivity index (χ1v) is 3.44. The molecule has 0 aromatic heterocycles. The molecule has 0 N–H and O–H groups in total. The van der Waals surface area contributed by atoms with Crippen LogP contribution in [0.5, 0.6) is 0 Å². The van der Waals surface area contributed by atoms with Crippen LogP contribution < -0.4 is 0 Å². The molecule has 0 saturated carbocycles. The summed E-state index contributed by atoms with van der Waals surface area (Å²) < 4.78 is 5.12. The third-order valence-electron chi connectivity index (χ3n) is 1.89. The molecule has 0 saturated heterocycles. The molecule has 0 bridgehead atoms. The number of hydrogen-bond donors (Lipinski definition) is 0. The minimum atomic E-state index is 0.414. The highest BCUT2D eigenvalue weighted by Gasteiger charge is 2.17. The largest absolute Gasteiger partial charge is 0.381 e. The van der Waals surface area contributed by atoms with Gasteiger partial charge in [0.1, 0.15) is 0 Å². The van der Waals surface area contributed by atoms with Gasteiger partial charge >= 0.3 is 0 Å². The van der Waals surface area contributed by atoms with Crippen molar-refractivity contribution in [3.63, 3.8) is 0 Å². The number of hydrogen-bond acceptors (Lipinski definition) is 1. The van der Waals surface area contributed by atoms with Gasteiger partial charge in [0.05, 0.1) is 6.10 Å². The third-order valence-corrected chi connectivity index (χ3v) is 1.89. The number of methoxy groups -OCH3 is 1. The minimum Gasteiger partial charge on any atom is -0.381 e. The molecule has 0 amide bonds. The van der Waals surface area contributed by atoms with Gasteiger partial charge < -0.3 is 4.74 Å². The summed E-state index contributed by atoms with van der Waals surface area (Å²) in [5.74, 6) is 0. The van der Waals surface area contributed by atoms with E-state index in [2.05, 4.69) is 13.8 Å². The van der Waals surface area contributed by atoms with Crippen LogP contribution in [0.3, 0.4) is 0 Å². The molecule has 0 heterocycles. The second kappa shape index (κ2) is 2.53. The van der Waals surface area contributed by atoms with E-state index in [1.165, 1.54) is 6.42 Å². The zero-order valence-electron chi connectivity index (χ0n) is 6.40. The quantitative estimate of drug-likeness (QED) is 0.526. The van der Waals surface area contributed by atoms with Crippen molar-refractivity contribution in [3.8, 4) is 0 Å². The molecular formula is C8H14O. The molecule has 0 aromatic rings. The standard InChI is InChI=1S/C8H14O/c1-6-4-8(6)5-7(2)9-3/h7H,4-5H2,1-3H3. The number of allylic oxidation sites excluding steroid dienone is 1. The van der Waals surface area contributed by atoms with Crippen molar-refractivity contribution in [3.05, 3.63) is 11.1 Å². The van der Waals surface area contributed by atoms with Gasteiger partial charge in [-0.2, -0.15) is 0 Å². The van der Waals surface area contributed by atoms with Crippen molar-refractivity contribution in [1.29, 1.82) is 0 Å². The lowest BCUT2D eigenvalue weighted by molar-refractivity contribution is 0.119. The van der Waals surface area contributed by atoms with Gasteiger partial charge in [-0.1, -0.05) is 11.1 Å². The fourth-order valence-electron chi connectivity index (χ4n) is 0.953. The number of rotatable bonds is 3. The SMILES string of the molecule is COC(C)CC1=C(C)C1. The molecule has 1 aliphatic carbocycles. The van der Waals surface area contributed by atoms with E-state index < -0.39 is 0 Å². The highest BCUT2D eigenvalue weighted by molar-refractivity contribution is 5.33. The maximum atomic E-state index is 5.12. The molecule has 1 unspecified atom stereocenters. The Morgan fingerprint density at radius 1 is 1.67 bits per heavy atom. The molecular weight excluding hydrogens is 112 g/mol. The van der Waals surface area contributed by atoms with Gasteiger partial charge in [0.25, 0.3) is 0 Å². The molecule has 0 fully saturated rings. The Kier molecular flexibility index (Phi) is 1.91. The van der Waals surface area contributed by atoms with Crippen molar-refractivity contribution in [2.24, 2.45) is 0 Å². The Labute approximate surface area is 56.7 Å². The maximum Gasteiger partial charge on any atom is 0.0580 e. The Hall–Kier alpha value is -0.300. The zero-order valence-corrected chi connectivity index (χ0v) is 6.40. The van der Waals surface area contributed by atoms with Gasteiger partial charge in [-0.15, -0.1) is 0 Å². The first kappa shape index (κ1) is 6.81. The summed E-state index contributed by atoms with van der Waals surface area (Å²) in [6.45, 7) is 4.30. The minimum absolute atomic E-state index is 0.414. The van der Waals surface area contributed by atoms with E-state index in [9.17, 15) is 0 Å². The summed E-state index contributed by atoms with van der Waals surface area (Å²) in [5, 5.41) is 0. The van der Waals surface area contributed by atoms with Crippen LogP contribution in [0, 0.1) is 0 Å². The van der Waals surface area contributed by atoms with E-state index in [0.29, 0.717) is 6.10 Å². The molecule has 1 heteroatoms. The van der Waals surface area contributed by atoms with Crippen LogP contribution in [0.25, 0.3) is 0 Å². The second-order valence-corrected chi connectivity index (χ2v) is 2.81. The molecule has 0 aliphatic heterocycles. The zero-order chi connectivity index (χ0) is 6.85. The average Bonchev–Trinajstić information content (AvgIpc) is 2.47. The van der Waals surface area contributed by atoms with E-state index in [4.69, 9.17) is 4.74 Å². The molecule has 0 spiro atoms. The van der Waals surface area contributed by atoms with Crippen molar-refractivity contribution in [2.45, 2.75) is 32.8 Å². The molecule has 1 nitrogen and oxygen atoms in total. The van der Waals surface area contributed by atoms with Gasteiger partial charge in [0.2, 0.25) is 0 Å². The Morgan fingerprint density at radius 2 is 2.22 bits per heavy atom. The van der Waals surface area contributed by atoms with Gasteiger partial charge in [0, 0.05) is 7.11 Å². The Balaban J connectivity index is 2.19. The fraction of sp³-hybridized carbons (Fsp3) is 0.750. The Morgan fingerprint density at radius 3 is 2.56 bits per heavy atom. The Bertz CT molecular complexity index is 136. The van der Waals surface area contributed by atoms with Gasteiger partial charge in [0.15, 0.2) is 0 Å². The van der Waals surface area contributed by atoms with Crippen LogP contribution in [0.1, 0.15) is 26.7 Å². The van der Waals surface area contributed by atoms with E-state index in [1.54, 1.807) is 18.3 Å². The van der Waals surface area contributed by atoms with E-state index in [0.717, 1.165) is 6.42 Å². The summed E-state index contributed by atoms with van der Waals surface area (Å²) >= 11 is 0. The third kappa shape index (κ3) is 1.83. The average molecular weight is 126 g/mol. The molecule has 0 aromatic carbocycles. The van der Waals surface area contributed by atoms with Crippen molar-refractivity contribution in [1.82, 2.24) is 0 Å². The molecule has 1 rings (SSSR count). The predicted octanol–water partition coefficient (Wildman–Crippen LogP) is 2.13. The summed E-state index contributed by atoms with van der Waals surface area (Å²) in [7, 11) is 1.77. The lowest BCUT2D eigenvalue weighted by Gasteiger charge is -2.04. The van der Waals surface area contributed by atoms with Crippen LogP contribution in [-0.2, 0) is 4.74 Å². The van der Waals surface area contributed by atoms with Crippen LogP contribution in [0.15, 0.2) is 11.1 Å². The van der Waals surface area contributed by atoms with Crippen molar-refractivity contribution < 1.29 is 4.74 Å². The van der Waals surface area contributed by atoms with Crippen LogP contribution >= 0.6 is 0 Å². The lowest BCUT2D eigenvalue weighted by Crippen LogP contribution is -2.02. The van der Waals surface area contributed by atoms with Gasteiger partial charge in [-0.05, 0) is 26.7 Å². The molecule has 1 atom stereocenters. The monoisotopic (exact) mass is 126 g/mol. The lowest BCUT2D eigenvalue weighted by atomic mass is 10.2. The van der Waals surface area contributed by atoms with E-state index in [-0.39, 0.29) is 0 Å². The van der Waals surface area contributed by atoms with Crippen LogP contribution in [0.2, 0.25) is 0 Å². The van der Waals surface area contributed by atoms with E-state index >= 15 is 0 Å². The summed E-state index contributed by atoms with van der Waals surface area (Å²) in [5.41, 5.74) is 3.17. The first-order valence-electron chi connectivity index (χ1n) is 3.44. The molecule has 52 valence electrons. The first-order chi connectivity index (χ1) is 4.24. The normalized spacial score (nSPS) is 20.3. The summed E-state index contributed by atoms with van der Waals surface area (Å²) in [6, 6.07) is 0.